The van der Waals surface area contributed by atoms with Gasteiger partial charge in [-0.3, -0.25) is 0 Å². The van der Waals surface area contributed by atoms with Crippen LogP contribution in [0.15, 0.2) is 24.3 Å². The Bertz CT molecular complexity index is 290. The molecule has 0 unspecified atom stereocenters. The largest absolute Gasteiger partial charge is 0.497 e. The Balaban J connectivity index is 2.05. The lowest BCUT2D eigenvalue weighted by molar-refractivity contribution is 0.305. The Morgan fingerprint density at radius 3 is 2.41 bits per heavy atom. The molecule has 0 aliphatic carbocycles. The minimum Gasteiger partial charge on any atom is -0.497 e. The van der Waals surface area contributed by atoms with E-state index in [0.29, 0.717) is 0 Å². The molecule has 0 bridgehead atoms. The Hall–Kier alpha value is -0.870. The first-order chi connectivity index (χ1) is 8.36. The van der Waals surface area contributed by atoms with Crippen LogP contribution in [-0.2, 0) is 0 Å². The van der Waals surface area contributed by atoms with Gasteiger partial charge in [-0.2, -0.15) is 12.6 Å². The van der Waals surface area contributed by atoms with E-state index in [1.165, 1.54) is 0 Å². The van der Waals surface area contributed by atoms with Crippen LogP contribution < -0.4 is 14.8 Å². The standard InChI is InChI=1S/C13H21NO2S/c1-15-12-4-6-13(7-5-12)16-10-3-2-8-14-9-11-17/h4-7,14,17H,2-3,8-11H2,1H3. The molecule has 0 heterocycles. The Morgan fingerprint density at radius 2 is 1.76 bits per heavy atom. The van der Waals surface area contributed by atoms with Gasteiger partial charge in [-0.05, 0) is 43.7 Å². The molecule has 0 spiro atoms. The second-order valence-electron chi connectivity index (χ2n) is 3.70. The van der Waals surface area contributed by atoms with Crippen LogP contribution in [0.5, 0.6) is 11.5 Å². The molecule has 4 heteroatoms. The molecule has 1 aromatic carbocycles. The lowest BCUT2D eigenvalue weighted by Crippen LogP contribution is -2.18. The number of ether oxygens (including phenoxy) is 2. The normalized spacial score (nSPS) is 10.2. The van der Waals surface area contributed by atoms with Gasteiger partial charge in [-0.15, -0.1) is 0 Å². The van der Waals surface area contributed by atoms with E-state index in [9.17, 15) is 0 Å². The molecule has 0 radical (unpaired) electrons. The van der Waals surface area contributed by atoms with Crippen LogP contribution in [0.3, 0.4) is 0 Å². The Labute approximate surface area is 109 Å². The predicted octanol–water partition coefficient (Wildman–Crippen LogP) is 2.37. The maximum atomic E-state index is 5.61. The van der Waals surface area contributed by atoms with Gasteiger partial charge in [-0.1, -0.05) is 0 Å². The number of nitrogens with one attached hydrogen (secondary N) is 1. The zero-order valence-electron chi connectivity index (χ0n) is 10.3. The Morgan fingerprint density at radius 1 is 1.06 bits per heavy atom. The van der Waals surface area contributed by atoms with Crippen molar-refractivity contribution in [1.29, 1.82) is 0 Å². The van der Waals surface area contributed by atoms with Crippen LogP contribution in [0.2, 0.25) is 0 Å². The van der Waals surface area contributed by atoms with E-state index in [0.717, 1.165) is 49.8 Å². The summed E-state index contributed by atoms with van der Waals surface area (Å²) in [5, 5.41) is 3.30. The maximum Gasteiger partial charge on any atom is 0.119 e. The quantitative estimate of drug-likeness (QED) is 0.524. The first-order valence-corrected chi connectivity index (χ1v) is 6.58. The van der Waals surface area contributed by atoms with Crippen molar-refractivity contribution in [1.82, 2.24) is 5.32 Å². The summed E-state index contributed by atoms with van der Waals surface area (Å²) in [4.78, 5) is 0. The molecular weight excluding hydrogens is 234 g/mol. The minimum absolute atomic E-state index is 0.759. The van der Waals surface area contributed by atoms with E-state index in [1.54, 1.807) is 7.11 Å². The second-order valence-corrected chi connectivity index (χ2v) is 4.15. The highest BCUT2D eigenvalue weighted by Gasteiger charge is 1.95. The number of unbranched alkanes of at least 4 members (excludes halogenated alkanes) is 1. The molecule has 3 nitrogen and oxygen atoms in total. The zero-order chi connectivity index (χ0) is 12.3. The molecule has 0 saturated heterocycles. The first-order valence-electron chi connectivity index (χ1n) is 5.95. The van der Waals surface area contributed by atoms with Gasteiger partial charge in [0, 0.05) is 12.3 Å². The monoisotopic (exact) mass is 255 g/mol. The smallest absolute Gasteiger partial charge is 0.119 e. The molecule has 1 aromatic rings. The van der Waals surface area contributed by atoms with Crippen molar-refractivity contribution >= 4 is 12.6 Å². The molecule has 0 fully saturated rings. The summed E-state index contributed by atoms with van der Waals surface area (Å²) in [5.74, 6) is 2.64. The molecule has 0 aromatic heterocycles. The number of benzene rings is 1. The lowest BCUT2D eigenvalue weighted by Gasteiger charge is -2.07. The van der Waals surface area contributed by atoms with E-state index in [4.69, 9.17) is 9.47 Å². The van der Waals surface area contributed by atoms with Gasteiger partial charge in [0.05, 0.1) is 13.7 Å². The zero-order valence-corrected chi connectivity index (χ0v) is 11.2. The van der Waals surface area contributed by atoms with E-state index >= 15 is 0 Å². The lowest BCUT2D eigenvalue weighted by atomic mass is 10.3. The fraction of sp³-hybridized carbons (Fsp3) is 0.538. The molecule has 0 aliphatic heterocycles. The summed E-state index contributed by atoms with van der Waals surface area (Å²) >= 11 is 4.13. The molecule has 0 amide bonds. The number of rotatable bonds is 9. The van der Waals surface area contributed by atoms with Crippen LogP contribution in [-0.4, -0.2) is 32.6 Å². The van der Waals surface area contributed by atoms with Gasteiger partial charge in [-0.25, -0.2) is 0 Å². The summed E-state index contributed by atoms with van der Waals surface area (Å²) in [6.45, 7) is 2.77. The van der Waals surface area contributed by atoms with Gasteiger partial charge in [0.25, 0.3) is 0 Å². The SMILES string of the molecule is COc1ccc(OCCCCNCCS)cc1. The summed E-state index contributed by atoms with van der Waals surface area (Å²) in [6, 6.07) is 7.67. The van der Waals surface area contributed by atoms with Crippen LogP contribution in [0.25, 0.3) is 0 Å². The molecule has 0 aliphatic rings. The molecule has 0 saturated carbocycles. The highest BCUT2D eigenvalue weighted by Crippen LogP contribution is 2.17. The Kier molecular flexibility index (Phi) is 7.67. The van der Waals surface area contributed by atoms with Crippen molar-refractivity contribution < 1.29 is 9.47 Å². The van der Waals surface area contributed by atoms with Gasteiger partial charge < -0.3 is 14.8 Å². The first kappa shape index (κ1) is 14.2. The summed E-state index contributed by atoms with van der Waals surface area (Å²) in [6.07, 6.45) is 2.19. The summed E-state index contributed by atoms with van der Waals surface area (Å²) in [7, 11) is 1.66. The van der Waals surface area contributed by atoms with Gasteiger partial charge in [0.2, 0.25) is 0 Å². The van der Waals surface area contributed by atoms with Crippen molar-refractivity contribution in [2.75, 3.05) is 32.6 Å². The molecule has 96 valence electrons. The molecule has 0 atom stereocenters. The highest BCUT2D eigenvalue weighted by atomic mass is 32.1. The van der Waals surface area contributed by atoms with Crippen LogP contribution in [0.4, 0.5) is 0 Å². The predicted molar refractivity (Wildman–Crippen MR) is 74.4 cm³/mol. The van der Waals surface area contributed by atoms with Gasteiger partial charge in [0.1, 0.15) is 11.5 Å². The van der Waals surface area contributed by atoms with Crippen molar-refractivity contribution in [2.24, 2.45) is 0 Å². The van der Waals surface area contributed by atoms with E-state index < -0.39 is 0 Å². The van der Waals surface area contributed by atoms with Gasteiger partial charge in [0.15, 0.2) is 0 Å². The summed E-state index contributed by atoms with van der Waals surface area (Å²) in [5.41, 5.74) is 0. The van der Waals surface area contributed by atoms with Crippen LogP contribution >= 0.6 is 12.6 Å². The average molecular weight is 255 g/mol. The molecule has 1 N–H and O–H groups in total. The second kappa shape index (κ2) is 9.19. The number of methoxy groups -OCH3 is 1. The average Bonchev–Trinajstić information content (AvgIpc) is 2.38. The molecule has 1 rings (SSSR count). The van der Waals surface area contributed by atoms with E-state index in [-0.39, 0.29) is 0 Å². The van der Waals surface area contributed by atoms with Crippen molar-refractivity contribution in [3.8, 4) is 11.5 Å². The summed E-state index contributed by atoms with van der Waals surface area (Å²) < 4.78 is 10.7. The van der Waals surface area contributed by atoms with E-state index in [2.05, 4.69) is 17.9 Å². The topological polar surface area (TPSA) is 30.5 Å². The van der Waals surface area contributed by atoms with Gasteiger partial charge >= 0.3 is 0 Å². The third-order valence-corrected chi connectivity index (χ3v) is 2.59. The number of hydrogen-bond donors (Lipinski definition) is 2. The fourth-order valence-corrected chi connectivity index (χ4v) is 1.58. The third kappa shape index (κ3) is 6.44. The third-order valence-electron chi connectivity index (χ3n) is 2.36. The van der Waals surface area contributed by atoms with Crippen molar-refractivity contribution in [3.63, 3.8) is 0 Å². The highest BCUT2D eigenvalue weighted by molar-refractivity contribution is 7.80. The van der Waals surface area contributed by atoms with Crippen molar-refractivity contribution in [3.05, 3.63) is 24.3 Å². The van der Waals surface area contributed by atoms with Crippen LogP contribution in [0.1, 0.15) is 12.8 Å². The maximum absolute atomic E-state index is 5.61. The number of thiol groups is 1. The fourth-order valence-electron chi connectivity index (χ4n) is 1.42. The van der Waals surface area contributed by atoms with Crippen LogP contribution in [0, 0.1) is 0 Å². The van der Waals surface area contributed by atoms with E-state index in [1.807, 2.05) is 24.3 Å². The molecule has 17 heavy (non-hydrogen) atoms. The minimum atomic E-state index is 0.759. The number of hydrogen-bond acceptors (Lipinski definition) is 4. The molecular formula is C13H21NO2S. The van der Waals surface area contributed by atoms with Crippen molar-refractivity contribution in [2.45, 2.75) is 12.8 Å².